The van der Waals surface area contributed by atoms with Crippen LogP contribution in [0.5, 0.6) is 0 Å². The van der Waals surface area contributed by atoms with Crippen molar-refractivity contribution in [1.29, 1.82) is 0 Å². The molecule has 0 radical (unpaired) electrons. The van der Waals surface area contributed by atoms with Crippen molar-refractivity contribution in [3.63, 3.8) is 0 Å². The van der Waals surface area contributed by atoms with Gasteiger partial charge < -0.3 is 4.74 Å². The molecule has 1 aromatic heterocycles. The maximum absolute atomic E-state index is 5.83. The van der Waals surface area contributed by atoms with E-state index in [4.69, 9.17) is 10.6 Å². The first kappa shape index (κ1) is 14.0. The van der Waals surface area contributed by atoms with Gasteiger partial charge in [-0.15, -0.1) is 0 Å². The van der Waals surface area contributed by atoms with Crippen molar-refractivity contribution >= 4 is 15.9 Å². The molecule has 0 aromatic carbocycles. The van der Waals surface area contributed by atoms with Crippen LogP contribution in [0.4, 0.5) is 0 Å². The predicted molar refractivity (Wildman–Crippen MR) is 73.9 cm³/mol. The van der Waals surface area contributed by atoms with E-state index in [-0.39, 0.29) is 12.1 Å². The quantitative estimate of drug-likeness (QED) is 0.660. The van der Waals surface area contributed by atoms with Gasteiger partial charge in [-0.2, -0.15) is 5.10 Å². The van der Waals surface area contributed by atoms with E-state index in [0.717, 1.165) is 23.2 Å². The molecule has 1 aliphatic heterocycles. The van der Waals surface area contributed by atoms with Crippen LogP contribution in [-0.2, 0) is 4.74 Å². The van der Waals surface area contributed by atoms with Gasteiger partial charge in [-0.05, 0) is 42.1 Å². The number of hydrazine groups is 1. The van der Waals surface area contributed by atoms with Gasteiger partial charge in [-0.25, -0.2) is 5.43 Å². The molecule has 18 heavy (non-hydrogen) atoms. The Kier molecular flexibility index (Phi) is 4.42. The average Bonchev–Trinajstić information content (AvgIpc) is 2.89. The van der Waals surface area contributed by atoms with Crippen LogP contribution in [0.15, 0.2) is 10.7 Å². The summed E-state index contributed by atoms with van der Waals surface area (Å²) < 4.78 is 8.79. The standard InChI is InChI=1S/C12H21BrN4O/c1-7(2)17-11(9(13)6-15-17)10(16-14)12-8(3)4-5-18-12/h6-8,10,12,16H,4-5,14H2,1-3H3. The number of nitrogens with zero attached hydrogens (tertiary/aromatic N) is 2. The molecule has 3 atom stereocenters. The van der Waals surface area contributed by atoms with Gasteiger partial charge in [-0.3, -0.25) is 10.5 Å². The minimum absolute atomic E-state index is 0.0400. The third kappa shape index (κ3) is 2.47. The molecule has 2 heterocycles. The van der Waals surface area contributed by atoms with Crippen molar-refractivity contribution in [3.05, 3.63) is 16.4 Å². The molecule has 1 aliphatic rings. The minimum atomic E-state index is -0.0400. The Morgan fingerprint density at radius 3 is 2.83 bits per heavy atom. The molecular formula is C12H21BrN4O. The van der Waals surface area contributed by atoms with Crippen molar-refractivity contribution in [2.24, 2.45) is 11.8 Å². The number of hydrogen-bond donors (Lipinski definition) is 2. The highest BCUT2D eigenvalue weighted by Crippen LogP contribution is 2.35. The molecule has 0 spiro atoms. The second kappa shape index (κ2) is 5.69. The van der Waals surface area contributed by atoms with E-state index < -0.39 is 0 Å². The van der Waals surface area contributed by atoms with Crippen molar-refractivity contribution in [2.45, 2.75) is 45.4 Å². The van der Waals surface area contributed by atoms with Crippen LogP contribution in [0.25, 0.3) is 0 Å². The molecule has 3 N–H and O–H groups in total. The monoisotopic (exact) mass is 316 g/mol. The molecule has 1 saturated heterocycles. The predicted octanol–water partition coefficient (Wildman–Crippen LogP) is 2.16. The van der Waals surface area contributed by atoms with E-state index in [2.05, 4.69) is 47.2 Å². The Morgan fingerprint density at radius 1 is 1.61 bits per heavy atom. The third-order valence-corrected chi connectivity index (χ3v) is 4.13. The summed E-state index contributed by atoms with van der Waals surface area (Å²) in [5.74, 6) is 6.25. The van der Waals surface area contributed by atoms with Gasteiger partial charge in [-0.1, -0.05) is 6.92 Å². The van der Waals surface area contributed by atoms with Gasteiger partial charge in [0.15, 0.2) is 0 Å². The zero-order valence-corrected chi connectivity index (χ0v) is 12.6. The smallest absolute Gasteiger partial charge is 0.0904 e. The first-order valence-corrected chi connectivity index (χ1v) is 7.16. The van der Waals surface area contributed by atoms with E-state index in [1.807, 2.05) is 10.9 Å². The lowest BCUT2D eigenvalue weighted by atomic mass is 9.95. The SMILES string of the molecule is CC1CCOC1C(NN)c1c(Br)cnn1C(C)C. The highest BCUT2D eigenvalue weighted by Gasteiger charge is 2.35. The second-order valence-corrected chi connectivity index (χ2v) is 6.02. The van der Waals surface area contributed by atoms with Gasteiger partial charge in [0.1, 0.15) is 0 Å². The van der Waals surface area contributed by atoms with Crippen LogP contribution in [0.1, 0.15) is 45.0 Å². The maximum atomic E-state index is 5.83. The van der Waals surface area contributed by atoms with E-state index in [0.29, 0.717) is 12.0 Å². The van der Waals surface area contributed by atoms with Gasteiger partial charge in [0.05, 0.1) is 28.5 Å². The number of ether oxygens (including phenoxy) is 1. The van der Waals surface area contributed by atoms with Crippen LogP contribution < -0.4 is 11.3 Å². The fourth-order valence-corrected chi connectivity index (χ4v) is 3.05. The van der Waals surface area contributed by atoms with E-state index in [9.17, 15) is 0 Å². The lowest BCUT2D eigenvalue weighted by molar-refractivity contribution is 0.0573. The molecule has 0 bridgehead atoms. The van der Waals surface area contributed by atoms with Crippen LogP contribution in [0.3, 0.4) is 0 Å². The molecule has 0 saturated carbocycles. The summed E-state index contributed by atoms with van der Waals surface area (Å²) in [6.07, 6.45) is 3.00. The summed E-state index contributed by atoms with van der Waals surface area (Å²) in [7, 11) is 0. The van der Waals surface area contributed by atoms with Crippen molar-refractivity contribution in [1.82, 2.24) is 15.2 Å². The molecular weight excluding hydrogens is 296 g/mol. The van der Waals surface area contributed by atoms with Crippen LogP contribution >= 0.6 is 15.9 Å². The highest BCUT2D eigenvalue weighted by molar-refractivity contribution is 9.10. The zero-order chi connectivity index (χ0) is 13.3. The lowest BCUT2D eigenvalue weighted by Crippen LogP contribution is -2.40. The number of halogens is 1. The number of nitrogens with one attached hydrogen (secondary N) is 1. The Balaban J connectivity index is 2.35. The summed E-state index contributed by atoms with van der Waals surface area (Å²) in [5, 5.41) is 4.40. The first-order chi connectivity index (χ1) is 8.56. The largest absolute Gasteiger partial charge is 0.376 e. The lowest BCUT2D eigenvalue weighted by Gasteiger charge is -2.27. The highest BCUT2D eigenvalue weighted by atomic mass is 79.9. The van der Waals surface area contributed by atoms with Crippen LogP contribution in [-0.4, -0.2) is 22.5 Å². The maximum Gasteiger partial charge on any atom is 0.0904 e. The summed E-state index contributed by atoms with van der Waals surface area (Å²) in [6, 6.07) is 0.251. The Labute approximate surface area is 116 Å². The number of hydrogen-bond acceptors (Lipinski definition) is 4. The Morgan fingerprint density at radius 2 is 2.33 bits per heavy atom. The van der Waals surface area contributed by atoms with Crippen molar-refractivity contribution < 1.29 is 4.74 Å². The summed E-state index contributed by atoms with van der Waals surface area (Å²) in [6.45, 7) is 7.22. The average molecular weight is 317 g/mol. The molecule has 0 aliphatic carbocycles. The normalized spacial score (nSPS) is 25.9. The number of nitrogens with two attached hydrogens (primary N) is 1. The summed E-state index contributed by atoms with van der Waals surface area (Å²) in [5.41, 5.74) is 3.96. The Bertz CT molecular complexity index is 407. The van der Waals surface area contributed by atoms with Gasteiger partial charge in [0.25, 0.3) is 0 Å². The molecule has 5 nitrogen and oxygen atoms in total. The van der Waals surface area contributed by atoms with Crippen molar-refractivity contribution in [2.75, 3.05) is 6.61 Å². The van der Waals surface area contributed by atoms with Crippen LogP contribution in [0, 0.1) is 5.92 Å². The molecule has 3 unspecified atom stereocenters. The molecule has 0 amide bonds. The summed E-state index contributed by atoms with van der Waals surface area (Å²) in [4.78, 5) is 0. The van der Waals surface area contributed by atoms with E-state index in [1.54, 1.807) is 0 Å². The first-order valence-electron chi connectivity index (χ1n) is 6.37. The van der Waals surface area contributed by atoms with E-state index >= 15 is 0 Å². The van der Waals surface area contributed by atoms with E-state index in [1.165, 1.54) is 0 Å². The fourth-order valence-electron chi connectivity index (χ4n) is 2.53. The molecule has 2 rings (SSSR count). The fraction of sp³-hybridized carbons (Fsp3) is 0.750. The van der Waals surface area contributed by atoms with Gasteiger partial charge in [0, 0.05) is 12.6 Å². The van der Waals surface area contributed by atoms with Crippen molar-refractivity contribution in [3.8, 4) is 0 Å². The molecule has 6 heteroatoms. The Hall–Kier alpha value is -0.430. The van der Waals surface area contributed by atoms with Gasteiger partial charge in [0.2, 0.25) is 0 Å². The zero-order valence-electron chi connectivity index (χ0n) is 11.1. The third-order valence-electron chi connectivity index (χ3n) is 3.52. The van der Waals surface area contributed by atoms with Gasteiger partial charge >= 0.3 is 0 Å². The number of rotatable bonds is 4. The molecule has 1 fully saturated rings. The molecule has 102 valence electrons. The van der Waals surface area contributed by atoms with Crippen LogP contribution in [0.2, 0.25) is 0 Å². The topological polar surface area (TPSA) is 65.1 Å². The number of aromatic nitrogens is 2. The molecule has 1 aromatic rings. The second-order valence-electron chi connectivity index (χ2n) is 5.16. The minimum Gasteiger partial charge on any atom is -0.376 e. The summed E-state index contributed by atoms with van der Waals surface area (Å²) >= 11 is 3.56.